The third kappa shape index (κ3) is 8.57. The Labute approximate surface area is 257 Å². The summed E-state index contributed by atoms with van der Waals surface area (Å²) in [7, 11) is 0. The van der Waals surface area contributed by atoms with Gasteiger partial charge in [0.15, 0.2) is 0 Å². The number of hydrogen-bond acceptors (Lipinski definition) is 6. The van der Waals surface area contributed by atoms with Gasteiger partial charge >= 0.3 is 6.18 Å². The molecule has 1 saturated heterocycles. The molecule has 1 heterocycles. The minimum Gasteiger partial charge on any atom is -0.396 e. The lowest BCUT2D eigenvalue weighted by Crippen LogP contribution is -2.30. The molecule has 0 radical (unpaired) electrons. The SMILES string of the molecule is O=C(NCCCO)c1cccc(C(=O)Nc2ccc(N3CCCCC3)cc2C(=O)NN=Cc2ccc(Cl)c(C(F)(F)F)c2)c1. The van der Waals surface area contributed by atoms with E-state index in [4.69, 9.17) is 16.7 Å². The van der Waals surface area contributed by atoms with Crippen molar-refractivity contribution in [3.63, 3.8) is 0 Å². The predicted octanol–water partition coefficient (Wildman–Crippen LogP) is 5.48. The molecule has 44 heavy (non-hydrogen) atoms. The van der Waals surface area contributed by atoms with Gasteiger partial charge in [-0.15, -0.1) is 0 Å². The third-order valence-corrected chi connectivity index (χ3v) is 7.23. The van der Waals surface area contributed by atoms with Gasteiger partial charge in [0, 0.05) is 43.1 Å². The number of nitrogens with one attached hydrogen (secondary N) is 3. The second-order valence-electron chi connectivity index (χ2n) is 10.1. The number of carbonyl (C=O) groups is 3. The maximum absolute atomic E-state index is 13.3. The first kappa shape index (κ1) is 32.5. The number of benzene rings is 3. The van der Waals surface area contributed by atoms with E-state index < -0.39 is 34.5 Å². The maximum Gasteiger partial charge on any atom is 0.417 e. The number of aliphatic hydroxyl groups excluding tert-OH is 1. The van der Waals surface area contributed by atoms with Crippen molar-refractivity contribution in [3.8, 4) is 0 Å². The quantitative estimate of drug-likeness (QED) is 0.134. The predicted molar refractivity (Wildman–Crippen MR) is 162 cm³/mol. The van der Waals surface area contributed by atoms with E-state index in [0.717, 1.165) is 56.4 Å². The van der Waals surface area contributed by atoms with E-state index in [2.05, 4.69) is 26.1 Å². The van der Waals surface area contributed by atoms with E-state index in [1.165, 1.54) is 18.2 Å². The molecule has 13 heteroatoms. The van der Waals surface area contributed by atoms with Crippen molar-refractivity contribution < 1.29 is 32.7 Å². The number of rotatable bonds is 10. The van der Waals surface area contributed by atoms with Crippen LogP contribution in [-0.4, -0.2) is 55.3 Å². The number of halogens is 4. The van der Waals surface area contributed by atoms with Gasteiger partial charge in [-0.3, -0.25) is 14.4 Å². The van der Waals surface area contributed by atoms with Crippen LogP contribution in [0, 0.1) is 0 Å². The number of amides is 3. The number of alkyl halides is 3. The summed E-state index contributed by atoms with van der Waals surface area (Å²) in [4.78, 5) is 41.0. The average Bonchev–Trinajstić information content (AvgIpc) is 3.02. The molecule has 0 bridgehead atoms. The van der Waals surface area contributed by atoms with Crippen molar-refractivity contribution in [1.29, 1.82) is 0 Å². The van der Waals surface area contributed by atoms with Crippen molar-refractivity contribution in [3.05, 3.63) is 93.5 Å². The van der Waals surface area contributed by atoms with E-state index in [9.17, 15) is 27.6 Å². The zero-order valence-electron chi connectivity index (χ0n) is 23.6. The van der Waals surface area contributed by atoms with Gasteiger partial charge in [0.2, 0.25) is 0 Å². The zero-order valence-corrected chi connectivity index (χ0v) is 24.3. The van der Waals surface area contributed by atoms with E-state index in [-0.39, 0.29) is 41.1 Å². The lowest BCUT2D eigenvalue weighted by molar-refractivity contribution is -0.137. The summed E-state index contributed by atoms with van der Waals surface area (Å²) in [6.07, 6.45) is -0.109. The summed E-state index contributed by atoms with van der Waals surface area (Å²) >= 11 is 5.68. The van der Waals surface area contributed by atoms with Gasteiger partial charge in [-0.2, -0.15) is 18.3 Å². The van der Waals surface area contributed by atoms with Gasteiger partial charge in [0.1, 0.15) is 0 Å². The Bertz CT molecular complexity index is 1540. The summed E-state index contributed by atoms with van der Waals surface area (Å²) in [5, 5.41) is 17.7. The third-order valence-electron chi connectivity index (χ3n) is 6.90. The lowest BCUT2D eigenvalue weighted by Gasteiger charge is -2.29. The minimum absolute atomic E-state index is 0.0675. The van der Waals surface area contributed by atoms with Crippen LogP contribution < -0.4 is 21.0 Å². The van der Waals surface area contributed by atoms with Gasteiger partial charge in [0.05, 0.1) is 28.1 Å². The molecule has 0 aromatic heterocycles. The normalized spacial score (nSPS) is 13.5. The molecule has 1 aliphatic rings. The van der Waals surface area contributed by atoms with Crippen LogP contribution in [0.5, 0.6) is 0 Å². The van der Waals surface area contributed by atoms with Gasteiger partial charge in [-0.05, 0) is 79.8 Å². The molecule has 232 valence electrons. The van der Waals surface area contributed by atoms with Crippen LogP contribution >= 0.6 is 11.6 Å². The molecule has 0 atom stereocenters. The Hall–Kier alpha value is -4.42. The molecule has 9 nitrogen and oxygen atoms in total. The fourth-order valence-electron chi connectivity index (χ4n) is 4.62. The minimum atomic E-state index is -4.66. The summed E-state index contributed by atoms with van der Waals surface area (Å²) in [5.41, 5.74) is 2.82. The van der Waals surface area contributed by atoms with Gasteiger partial charge in [-0.25, -0.2) is 5.43 Å². The van der Waals surface area contributed by atoms with Crippen LogP contribution in [0.3, 0.4) is 0 Å². The van der Waals surface area contributed by atoms with Gasteiger partial charge in [0.25, 0.3) is 17.7 Å². The molecule has 4 rings (SSSR count). The fourth-order valence-corrected chi connectivity index (χ4v) is 4.85. The number of aliphatic hydroxyl groups is 1. The Morgan fingerprint density at radius 2 is 1.66 bits per heavy atom. The first-order chi connectivity index (χ1) is 21.1. The zero-order chi connectivity index (χ0) is 31.7. The average molecular weight is 630 g/mol. The van der Waals surface area contributed by atoms with Crippen LogP contribution in [0.25, 0.3) is 0 Å². The van der Waals surface area contributed by atoms with Gasteiger partial charge in [-0.1, -0.05) is 23.7 Å². The summed E-state index contributed by atoms with van der Waals surface area (Å²) in [5.74, 6) is -1.67. The molecule has 0 unspecified atom stereocenters. The highest BCUT2D eigenvalue weighted by Gasteiger charge is 2.33. The summed E-state index contributed by atoms with van der Waals surface area (Å²) < 4.78 is 39.7. The van der Waals surface area contributed by atoms with Crippen LogP contribution in [0.1, 0.15) is 67.9 Å². The van der Waals surface area contributed by atoms with E-state index >= 15 is 0 Å². The molecular weight excluding hydrogens is 599 g/mol. The van der Waals surface area contributed by atoms with Crippen LogP contribution in [-0.2, 0) is 6.18 Å². The number of hydrazone groups is 1. The Balaban J connectivity index is 1.56. The molecule has 1 aliphatic heterocycles. The number of nitrogens with zero attached hydrogens (tertiary/aromatic N) is 2. The number of anilines is 2. The molecule has 3 aromatic carbocycles. The van der Waals surface area contributed by atoms with Crippen molar-refractivity contribution in [2.45, 2.75) is 31.9 Å². The molecule has 0 saturated carbocycles. The van der Waals surface area contributed by atoms with Gasteiger partial charge < -0.3 is 20.6 Å². The molecule has 0 spiro atoms. The van der Waals surface area contributed by atoms with E-state index in [1.54, 1.807) is 30.3 Å². The van der Waals surface area contributed by atoms with Crippen molar-refractivity contribution >= 4 is 46.9 Å². The fraction of sp³-hybridized carbons (Fsp3) is 0.290. The Morgan fingerprint density at radius 3 is 2.36 bits per heavy atom. The van der Waals surface area contributed by atoms with Crippen molar-refractivity contribution in [1.82, 2.24) is 10.7 Å². The highest BCUT2D eigenvalue weighted by molar-refractivity contribution is 6.31. The van der Waals surface area contributed by atoms with E-state index in [0.29, 0.717) is 6.42 Å². The molecular formula is C31H31ClF3N5O4. The van der Waals surface area contributed by atoms with Crippen LogP contribution in [0.2, 0.25) is 5.02 Å². The number of carbonyl (C=O) groups excluding carboxylic acids is 3. The van der Waals surface area contributed by atoms with Crippen molar-refractivity contribution in [2.24, 2.45) is 5.10 Å². The second kappa shape index (κ2) is 14.8. The standard InChI is InChI=1S/C31H31ClF3N5O4/c32-26-10-8-20(16-25(26)31(33,34)35)19-37-39-30(44)24-18-23(40-13-2-1-3-14-40)9-11-27(24)38-29(43)22-7-4-6-21(17-22)28(42)36-12-5-15-41/h4,6-11,16-19,41H,1-3,5,12-15H2,(H,36,42)(H,38,43)(H,39,44). The Kier molecular flexibility index (Phi) is 11.0. The van der Waals surface area contributed by atoms with Crippen molar-refractivity contribution in [2.75, 3.05) is 36.5 Å². The topological polar surface area (TPSA) is 123 Å². The Morgan fingerprint density at radius 1 is 0.932 bits per heavy atom. The highest BCUT2D eigenvalue weighted by Crippen LogP contribution is 2.35. The molecule has 4 N–H and O–H groups in total. The number of piperidine rings is 1. The maximum atomic E-state index is 13.3. The monoisotopic (exact) mass is 629 g/mol. The van der Waals surface area contributed by atoms with E-state index in [1.807, 2.05) is 0 Å². The molecule has 0 aliphatic carbocycles. The largest absolute Gasteiger partial charge is 0.417 e. The van der Waals surface area contributed by atoms with Crippen LogP contribution in [0.4, 0.5) is 24.5 Å². The molecule has 1 fully saturated rings. The first-order valence-corrected chi connectivity index (χ1v) is 14.3. The smallest absolute Gasteiger partial charge is 0.396 e. The highest BCUT2D eigenvalue weighted by atomic mass is 35.5. The summed E-state index contributed by atoms with van der Waals surface area (Å²) in [6, 6.07) is 14.3. The second-order valence-corrected chi connectivity index (χ2v) is 10.5. The lowest BCUT2D eigenvalue weighted by atomic mass is 10.1. The molecule has 3 aromatic rings. The summed E-state index contributed by atoms with van der Waals surface area (Å²) in [6.45, 7) is 1.81. The molecule has 3 amide bonds. The first-order valence-electron chi connectivity index (χ1n) is 14.0. The number of hydrogen-bond donors (Lipinski definition) is 4. The van der Waals surface area contributed by atoms with Crippen LogP contribution in [0.15, 0.2) is 65.8 Å².